The molecule has 20 heavy (non-hydrogen) atoms. The highest BCUT2D eigenvalue weighted by Gasteiger charge is 2.45. The fraction of sp³-hybridized carbons (Fsp3) is 0.632. The monoisotopic (exact) mass is 270 g/mol. The zero-order valence-electron chi connectivity index (χ0n) is 12.8. The van der Waals surface area contributed by atoms with Crippen molar-refractivity contribution in [1.82, 2.24) is 0 Å². The van der Waals surface area contributed by atoms with Crippen molar-refractivity contribution < 1.29 is 4.79 Å². The summed E-state index contributed by atoms with van der Waals surface area (Å²) in [5, 5.41) is 0. The summed E-state index contributed by atoms with van der Waals surface area (Å²) < 4.78 is 0. The van der Waals surface area contributed by atoms with E-state index >= 15 is 0 Å². The number of aryl methyl sites for hydroxylation is 1. The smallest absolute Gasteiger partial charge is 0.120 e. The van der Waals surface area contributed by atoms with E-state index in [1.807, 2.05) is 0 Å². The largest absolute Gasteiger partial charge is 0.303 e. The third kappa shape index (κ3) is 2.32. The predicted molar refractivity (Wildman–Crippen MR) is 82.8 cm³/mol. The van der Waals surface area contributed by atoms with Crippen LogP contribution in [-0.4, -0.2) is 6.29 Å². The van der Waals surface area contributed by atoms with Crippen molar-refractivity contribution in [1.29, 1.82) is 0 Å². The predicted octanol–water partition coefficient (Wildman–Crippen LogP) is 4.75. The summed E-state index contributed by atoms with van der Waals surface area (Å²) in [6.45, 7) is 4.83. The molecule has 1 aromatic rings. The number of carbonyl (C=O) groups excluding carboxylic acids is 1. The molecule has 0 N–H and O–H groups in total. The van der Waals surface area contributed by atoms with Crippen LogP contribution in [0.5, 0.6) is 0 Å². The topological polar surface area (TPSA) is 17.1 Å². The van der Waals surface area contributed by atoms with Gasteiger partial charge in [-0.3, -0.25) is 0 Å². The van der Waals surface area contributed by atoms with Gasteiger partial charge in [0.1, 0.15) is 6.29 Å². The summed E-state index contributed by atoms with van der Waals surface area (Å²) in [6, 6.07) is 9.03. The first-order chi connectivity index (χ1) is 9.63. The Morgan fingerprint density at radius 3 is 2.85 bits per heavy atom. The minimum Gasteiger partial charge on any atom is -0.303 e. The molecule has 0 aliphatic heterocycles. The van der Waals surface area contributed by atoms with Crippen molar-refractivity contribution in [2.75, 3.05) is 0 Å². The molecular formula is C19H26O. The maximum Gasteiger partial charge on any atom is 0.120 e. The Balaban J connectivity index is 1.90. The minimum absolute atomic E-state index is 0.399. The standard InChI is InChI=1S/C19H26O/c1-19(2)12-11-16-15-7-4-3-6-14(15)9-10-17(16)18(19)8-5-13-20/h3-4,6-7,13,16-18H,5,8-12H2,1-2H3. The van der Waals surface area contributed by atoms with Gasteiger partial charge in [0.2, 0.25) is 0 Å². The molecule has 0 saturated heterocycles. The maximum atomic E-state index is 10.8. The second kappa shape index (κ2) is 5.35. The SMILES string of the molecule is CC1(C)CCC2c3ccccc3CCC2C1CCC=O. The van der Waals surface area contributed by atoms with Crippen molar-refractivity contribution in [3.05, 3.63) is 35.4 Å². The lowest BCUT2D eigenvalue weighted by atomic mass is 9.54. The van der Waals surface area contributed by atoms with Crippen LogP contribution in [0.4, 0.5) is 0 Å². The van der Waals surface area contributed by atoms with E-state index in [0.29, 0.717) is 11.3 Å². The van der Waals surface area contributed by atoms with E-state index in [9.17, 15) is 4.79 Å². The quantitative estimate of drug-likeness (QED) is 0.724. The van der Waals surface area contributed by atoms with Gasteiger partial charge >= 0.3 is 0 Å². The molecule has 1 fully saturated rings. The van der Waals surface area contributed by atoms with Crippen molar-refractivity contribution in [3.63, 3.8) is 0 Å². The molecule has 1 nitrogen and oxygen atoms in total. The third-order valence-electron chi connectivity index (χ3n) is 5.93. The van der Waals surface area contributed by atoms with Crippen LogP contribution in [0.2, 0.25) is 0 Å². The van der Waals surface area contributed by atoms with Crippen molar-refractivity contribution in [2.24, 2.45) is 17.3 Å². The number of benzene rings is 1. The maximum absolute atomic E-state index is 10.8. The molecule has 1 aromatic carbocycles. The van der Waals surface area contributed by atoms with E-state index in [2.05, 4.69) is 38.1 Å². The Kier molecular flexibility index (Phi) is 3.70. The fourth-order valence-corrected chi connectivity index (χ4v) is 4.87. The molecule has 0 aromatic heterocycles. The average Bonchev–Trinajstić information content (AvgIpc) is 2.45. The summed E-state index contributed by atoms with van der Waals surface area (Å²) in [6.07, 6.45) is 8.09. The first-order valence-corrected chi connectivity index (χ1v) is 8.15. The van der Waals surface area contributed by atoms with Crippen LogP contribution in [0, 0.1) is 17.3 Å². The van der Waals surface area contributed by atoms with E-state index in [0.717, 1.165) is 31.0 Å². The summed E-state index contributed by atoms with van der Waals surface area (Å²) in [7, 11) is 0. The summed E-state index contributed by atoms with van der Waals surface area (Å²) in [5.74, 6) is 2.23. The van der Waals surface area contributed by atoms with Gasteiger partial charge < -0.3 is 4.79 Å². The van der Waals surface area contributed by atoms with Gasteiger partial charge in [-0.2, -0.15) is 0 Å². The third-order valence-corrected chi connectivity index (χ3v) is 5.93. The van der Waals surface area contributed by atoms with E-state index < -0.39 is 0 Å². The molecule has 3 rings (SSSR count). The molecule has 3 unspecified atom stereocenters. The lowest BCUT2D eigenvalue weighted by Gasteiger charge is -2.50. The first kappa shape index (κ1) is 13.9. The van der Waals surface area contributed by atoms with Gasteiger partial charge in [-0.15, -0.1) is 0 Å². The molecule has 0 radical (unpaired) electrons. The van der Waals surface area contributed by atoms with Crippen molar-refractivity contribution >= 4 is 6.29 Å². The highest BCUT2D eigenvalue weighted by Crippen LogP contribution is 2.55. The molecule has 1 saturated carbocycles. The number of hydrogen-bond acceptors (Lipinski definition) is 1. The minimum atomic E-state index is 0.399. The van der Waals surface area contributed by atoms with Gasteiger partial charge in [0.15, 0.2) is 0 Å². The van der Waals surface area contributed by atoms with Gasteiger partial charge in [-0.25, -0.2) is 0 Å². The molecule has 108 valence electrons. The zero-order valence-corrected chi connectivity index (χ0v) is 12.8. The normalized spacial score (nSPS) is 31.2. The Hall–Kier alpha value is -1.11. The molecule has 1 heteroatoms. The molecule has 2 aliphatic carbocycles. The van der Waals surface area contributed by atoms with Gasteiger partial charge in [0.25, 0.3) is 0 Å². The molecule has 0 spiro atoms. The Morgan fingerprint density at radius 1 is 1.25 bits per heavy atom. The average molecular weight is 270 g/mol. The Labute approximate surface area is 122 Å². The first-order valence-electron chi connectivity index (χ1n) is 8.15. The van der Waals surface area contributed by atoms with Crippen molar-refractivity contribution in [3.8, 4) is 0 Å². The molecule has 3 atom stereocenters. The highest BCUT2D eigenvalue weighted by molar-refractivity contribution is 5.49. The summed E-state index contributed by atoms with van der Waals surface area (Å²) >= 11 is 0. The highest BCUT2D eigenvalue weighted by atomic mass is 16.1. The number of fused-ring (bicyclic) bond motifs is 3. The van der Waals surface area contributed by atoms with E-state index in [-0.39, 0.29) is 0 Å². The van der Waals surface area contributed by atoms with Crippen LogP contribution in [0.15, 0.2) is 24.3 Å². The second-order valence-electron chi connectivity index (χ2n) is 7.39. The van der Waals surface area contributed by atoms with Crippen LogP contribution in [0.25, 0.3) is 0 Å². The van der Waals surface area contributed by atoms with Gasteiger partial charge in [-0.1, -0.05) is 38.1 Å². The van der Waals surface area contributed by atoms with E-state index in [4.69, 9.17) is 0 Å². The number of carbonyl (C=O) groups is 1. The Bertz CT molecular complexity index is 488. The number of rotatable bonds is 3. The summed E-state index contributed by atoms with van der Waals surface area (Å²) in [4.78, 5) is 10.8. The Morgan fingerprint density at radius 2 is 2.05 bits per heavy atom. The molecule has 0 heterocycles. The fourth-order valence-electron chi connectivity index (χ4n) is 4.87. The summed E-state index contributed by atoms with van der Waals surface area (Å²) in [5.41, 5.74) is 3.58. The number of aldehydes is 1. The lowest BCUT2D eigenvalue weighted by molar-refractivity contribution is -0.108. The molecular weight excluding hydrogens is 244 g/mol. The van der Waals surface area contributed by atoms with Gasteiger partial charge in [0.05, 0.1) is 0 Å². The van der Waals surface area contributed by atoms with Crippen LogP contribution in [0.1, 0.15) is 63.0 Å². The van der Waals surface area contributed by atoms with E-state index in [1.165, 1.54) is 25.7 Å². The lowest BCUT2D eigenvalue weighted by Crippen LogP contribution is -2.41. The van der Waals surface area contributed by atoms with Crippen LogP contribution < -0.4 is 0 Å². The number of hydrogen-bond donors (Lipinski definition) is 0. The van der Waals surface area contributed by atoms with Crippen LogP contribution >= 0.6 is 0 Å². The van der Waals surface area contributed by atoms with Crippen molar-refractivity contribution in [2.45, 2.75) is 58.3 Å². The molecule has 0 bridgehead atoms. The van der Waals surface area contributed by atoms with Crippen LogP contribution in [0.3, 0.4) is 0 Å². The zero-order chi connectivity index (χ0) is 14.2. The molecule has 2 aliphatic rings. The second-order valence-corrected chi connectivity index (χ2v) is 7.39. The van der Waals surface area contributed by atoms with Gasteiger partial charge in [-0.05, 0) is 66.4 Å². The van der Waals surface area contributed by atoms with E-state index in [1.54, 1.807) is 11.1 Å². The van der Waals surface area contributed by atoms with Crippen LogP contribution in [-0.2, 0) is 11.2 Å². The molecule has 0 amide bonds. The van der Waals surface area contributed by atoms with Gasteiger partial charge in [0, 0.05) is 6.42 Å².